The van der Waals surface area contributed by atoms with Gasteiger partial charge in [0, 0.05) is 11.8 Å². The van der Waals surface area contributed by atoms with Gasteiger partial charge in [-0.1, -0.05) is 0 Å². The highest BCUT2D eigenvalue weighted by Gasteiger charge is 2.31. The topological polar surface area (TPSA) is 105 Å². The minimum Gasteiger partial charge on any atom is -0.394 e. The lowest BCUT2D eigenvalue weighted by atomic mass is 10.1. The number of aliphatic hydroxyl groups is 2. The molecule has 1 aromatic rings. The Morgan fingerprint density at radius 2 is 2.28 bits per heavy atom. The molecule has 18 heavy (non-hydrogen) atoms. The average molecular weight is 256 g/mol. The van der Waals surface area contributed by atoms with E-state index in [4.69, 9.17) is 9.84 Å². The highest BCUT2D eigenvalue weighted by atomic mass is 16.5. The molecular weight excluding hydrogens is 240 g/mol. The molecule has 2 heterocycles. The maximum atomic E-state index is 11.6. The zero-order chi connectivity index (χ0) is 13.3. The van der Waals surface area contributed by atoms with Crippen molar-refractivity contribution in [3.8, 4) is 0 Å². The number of aromatic nitrogens is 2. The molecule has 0 aliphatic carbocycles. The first kappa shape index (κ1) is 13.0. The number of H-pyrrole nitrogens is 1. The summed E-state index contributed by atoms with van der Waals surface area (Å²) in [6.45, 7) is 1.22. The van der Waals surface area contributed by atoms with Gasteiger partial charge in [-0.2, -0.15) is 0 Å². The fraction of sp³-hybridized carbons (Fsp3) is 0.636. The van der Waals surface area contributed by atoms with Crippen LogP contribution in [0.2, 0.25) is 0 Å². The molecule has 1 aliphatic heterocycles. The van der Waals surface area contributed by atoms with Crippen molar-refractivity contribution >= 4 is 0 Å². The molecule has 0 radical (unpaired) electrons. The van der Waals surface area contributed by atoms with Gasteiger partial charge >= 0.3 is 5.69 Å². The number of aliphatic hydroxyl groups excluding tert-OH is 2. The molecule has 1 aromatic heterocycles. The predicted molar refractivity (Wildman–Crippen MR) is 62.3 cm³/mol. The molecule has 1 fully saturated rings. The molecule has 0 aromatic carbocycles. The van der Waals surface area contributed by atoms with Crippen molar-refractivity contribution in [2.45, 2.75) is 38.2 Å². The van der Waals surface area contributed by atoms with Gasteiger partial charge in [0.2, 0.25) is 0 Å². The van der Waals surface area contributed by atoms with Gasteiger partial charge in [0.25, 0.3) is 5.56 Å². The fourth-order valence-electron chi connectivity index (χ4n) is 2.05. The van der Waals surface area contributed by atoms with Crippen LogP contribution in [0, 0.1) is 6.92 Å². The number of ether oxygens (including phenoxy) is 1. The van der Waals surface area contributed by atoms with E-state index >= 15 is 0 Å². The van der Waals surface area contributed by atoms with Crippen molar-refractivity contribution in [1.29, 1.82) is 0 Å². The van der Waals surface area contributed by atoms with Crippen LogP contribution in [0.4, 0.5) is 0 Å². The lowest BCUT2D eigenvalue weighted by Gasteiger charge is -2.18. The molecule has 0 spiro atoms. The Kier molecular flexibility index (Phi) is 3.65. The molecule has 7 nitrogen and oxygen atoms in total. The Balaban J connectivity index is 2.22. The van der Waals surface area contributed by atoms with Crippen LogP contribution in [0.15, 0.2) is 15.8 Å². The van der Waals surface area contributed by atoms with Gasteiger partial charge in [-0.15, -0.1) is 0 Å². The smallest absolute Gasteiger partial charge is 0.330 e. The molecule has 2 rings (SSSR count). The molecule has 1 aliphatic rings. The molecule has 0 unspecified atom stereocenters. The Bertz CT molecular complexity index is 535. The highest BCUT2D eigenvalue weighted by molar-refractivity contribution is 5.01. The molecule has 100 valence electrons. The number of aromatic amines is 1. The summed E-state index contributed by atoms with van der Waals surface area (Å²) in [7, 11) is 0. The van der Waals surface area contributed by atoms with Crippen molar-refractivity contribution in [3.63, 3.8) is 0 Å². The Labute approximate surface area is 103 Å². The van der Waals surface area contributed by atoms with E-state index in [-0.39, 0.29) is 6.61 Å². The van der Waals surface area contributed by atoms with E-state index in [1.807, 2.05) is 0 Å². The van der Waals surface area contributed by atoms with E-state index in [0.29, 0.717) is 18.4 Å². The van der Waals surface area contributed by atoms with Crippen LogP contribution in [0.5, 0.6) is 0 Å². The highest BCUT2D eigenvalue weighted by Crippen LogP contribution is 2.28. The van der Waals surface area contributed by atoms with Crippen molar-refractivity contribution in [1.82, 2.24) is 9.55 Å². The van der Waals surface area contributed by atoms with E-state index < -0.39 is 29.7 Å². The number of nitrogens with zero attached hydrogens (tertiary/aromatic N) is 1. The van der Waals surface area contributed by atoms with Gasteiger partial charge in [0.15, 0.2) is 0 Å². The second-order valence-electron chi connectivity index (χ2n) is 4.44. The lowest BCUT2D eigenvalue weighted by molar-refractivity contribution is -0.0752. The van der Waals surface area contributed by atoms with Crippen molar-refractivity contribution < 1.29 is 14.9 Å². The summed E-state index contributed by atoms with van der Waals surface area (Å²) in [5.74, 6) is 0. The van der Waals surface area contributed by atoms with E-state index in [2.05, 4.69) is 4.98 Å². The summed E-state index contributed by atoms with van der Waals surface area (Å²) >= 11 is 0. The Morgan fingerprint density at radius 1 is 1.56 bits per heavy atom. The maximum Gasteiger partial charge on any atom is 0.330 e. The van der Waals surface area contributed by atoms with Crippen LogP contribution in [0.25, 0.3) is 0 Å². The van der Waals surface area contributed by atoms with E-state index in [1.54, 1.807) is 6.92 Å². The third-order valence-electron chi connectivity index (χ3n) is 3.10. The monoisotopic (exact) mass is 256 g/mol. The zero-order valence-electron chi connectivity index (χ0n) is 10.00. The first-order chi connectivity index (χ1) is 8.52. The predicted octanol–water partition coefficient (Wildman–Crippen LogP) is -1.12. The van der Waals surface area contributed by atoms with Crippen LogP contribution < -0.4 is 11.2 Å². The number of rotatable bonds is 3. The lowest BCUT2D eigenvalue weighted by Crippen LogP contribution is -2.34. The van der Waals surface area contributed by atoms with E-state index in [1.165, 1.54) is 10.8 Å². The van der Waals surface area contributed by atoms with Gasteiger partial charge < -0.3 is 14.9 Å². The minimum absolute atomic E-state index is 0.378. The van der Waals surface area contributed by atoms with Crippen LogP contribution in [-0.2, 0) is 4.74 Å². The molecule has 3 N–H and O–H groups in total. The molecule has 1 saturated heterocycles. The summed E-state index contributed by atoms with van der Waals surface area (Å²) in [4.78, 5) is 25.1. The largest absolute Gasteiger partial charge is 0.394 e. The van der Waals surface area contributed by atoms with Gasteiger partial charge in [-0.25, -0.2) is 4.79 Å². The van der Waals surface area contributed by atoms with Gasteiger partial charge in [0.05, 0.1) is 12.7 Å². The maximum absolute atomic E-state index is 11.6. The molecule has 0 saturated carbocycles. The summed E-state index contributed by atoms with van der Waals surface area (Å²) in [6, 6.07) is 0. The second-order valence-corrected chi connectivity index (χ2v) is 4.44. The van der Waals surface area contributed by atoms with Crippen LogP contribution in [0.3, 0.4) is 0 Å². The number of hydrogen-bond donors (Lipinski definition) is 3. The second kappa shape index (κ2) is 5.05. The summed E-state index contributed by atoms with van der Waals surface area (Å²) < 4.78 is 6.81. The van der Waals surface area contributed by atoms with Crippen molar-refractivity contribution in [2.24, 2.45) is 0 Å². The molecule has 3 atom stereocenters. The zero-order valence-corrected chi connectivity index (χ0v) is 10.00. The van der Waals surface area contributed by atoms with Crippen LogP contribution in [-0.4, -0.2) is 38.6 Å². The normalized spacial score (nSPS) is 25.3. The van der Waals surface area contributed by atoms with Crippen molar-refractivity contribution in [3.05, 3.63) is 32.6 Å². The first-order valence-corrected chi connectivity index (χ1v) is 5.79. The third kappa shape index (κ3) is 2.38. The summed E-state index contributed by atoms with van der Waals surface area (Å²) in [5.41, 5.74) is -0.528. The van der Waals surface area contributed by atoms with Crippen LogP contribution in [0.1, 0.15) is 24.6 Å². The molecule has 0 bridgehead atoms. The van der Waals surface area contributed by atoms with Crippen LogP contribution >= 0.6 is 0 Å². The SMILES string of the molecule is Cc1cn([C@@H]2CC[C@@H]([C@H](O)CO)O2)c(=O)[nH]c1=O. The standard InChI is InChI=1S/C11H16N2O5/c1-6-4-13(11(17)12-10(6)16)9-3-2-8(18-9)7(15)5-14/h4,7-9,14-15H,2-3,5H2,1H3,(H,12,16,17)/t7-,8+,9+/m1/s1. The average Bonchev–Trinajstić information content (AvgIpc) is 2.82. The Hall–Kier alpha value is -1.44. The van der Waals surface area contributed by atoms with Crippen molar-refractivity contribution in [2.75, 3.05) is 6.61 Å². The quantitative estimate of drug-likeness (QED) is 0.635. The first-order valence-electron chi connectivity index (χ1n) is 5.79. The third-order valence-corrected chi connectivity index (χ3v) is 3.10. The van der Waals surface area contributed by atoms with Gasteiger partial charge in [0.1, 0.15) is 12.3 Å². The minimum atomic E-state index is -0.949. The molecule has 0 amide bonds. The van der Waals surface area contributed by atoms with Gasteiger partial charge in [-0.3, -0.25) is 14.3 Å². The summed E-state index contributed by atoms with van der Waals surface area (Å²) in [6.07, 6.45) is 0.594. The Morgan fingerprint density at radius 3 is 2.94 bits per heavy atom. The van der Waals surface area contributed by atoms with Gasteiger partial charge in [-0.05, 0) is 19.8 Å². The fourth-order valence-corrected chi connectivity index (χ4v) is 2.05. The summed E-state index contributed by atoms with van der Waals surface area (Å²) in [5, 5.41) is 18.3. The molecular formula is C11H16N2O5. The molecule has 7 heteroatoms. The van der Waals surface area contributed by atoms with E-state index in [9.17, 15) is 14.7 Å². The van der Waals surface area contributed by atoms with E-state index in [0.717, 1.165) is 0 Å². The number of nitrogens with one attached hydrogen (secondary N) is 1. The number of hydrogen-bond acceptors (Lipinski definition) is 5. The number of aryl methyl sites for hydroxylation is 1.